The van der Waals surface area contributed by atoms with Crippen LogP contribution >= 0.6 is 0 Å². The summed E-state index contributed by atoms with van der Waals surface area (Å²) in [5, 5.41) is 21.1. The van der Waals surface area contributed by atoms with Crippen molar-refractivity contribution in [1.29, 1.82) is 0 Å². The third-order valence-electron chi connectivity index (χ3n) is 5.93. The number of aliphatic hydroxyl groups is 1. The molecule has 0 radical (unpaired) electrons. The number of Topliss-reactive ketones (excluding diaryl/α,β-unsaturated/α-hetero) is 1. The van der Waals surface area contributed by atoms with Crippen molar-refractivity contribution in [1.82, 2.24) is 9.80 Å². The summed E-state index contributed by atoms with van der Waals surface area (Å²) in [6, 6.07) is 12.4. The summed E-state index contributed by atoms with van der Waals surface area (Å²) in [7, 11) is 0. The van der Waals surface area contributed by atoms with Crippen molar-refractivity contribution in [3.05, 3.63) is 65.2 Å². The Balaban J connectivity index is 2.00. The summed E-state index contributed by atoms with van der Waals surface area (Å²) in [6.07, 6.45) is 0.688. The van der Waals surface area contributed by atoms with Crippen molar-refractivity contribution in [3.63, 3.8) is 0 Å². The summed E-state index contributed by atoms with van der Waals surface area (Å²) in [5.74, 6) is -0.929. The fourth-order valence-corrected chi connectivity index (χ4v) is 4.19. The Kier molecular flexibility index (Phi) is 8.11. The van der Waals surface area contributed by atoms with Crippen LogP contribution in [0.25, 0.3) is 5.76 Å². The van der Waals surface area contributed by atoms with Crippen molar-refractivity contribution < 1.29 is 24.5 Å². The van der Waals surface area contributed by atoms with Crippen LogP contribution in [0, 0.1) is 0 Å². The molecule has 2 aromatic rings. The second-order valence-electron chi connectivity index (χ2n) is 7.93. The van der Waals surface area contributed by atoms with E-state index in [9.17, 15) is 19.8 Å². The number of carbonyl (C=O) groups is 2. The summed E-state index contributed by atoms with van der Waals surface area (Å²) in [4.78, 5) is 29.8. The number of carbonyl (C=O) groups excluding carboxylic acids is 2. The molecule has 2 aromatic carbocycles. The highest BCUT2D eigenvalue weighted by Crippen LogP contribution is 2.40. The molecule has 1 unspecified atom stereocenters. The van der Waals surface area contributed by atoms with Gasteiger partial charge >= 0.3 is 0 Å². The van der Waals surface area contributed by atoms with E-state index in [1.165, 1.54) is 17.0 Å². The molecule has 7 nitrogen and oxygen atoms in total. The largest absolute Gasteiger partial charge is 0.508 e. The monoisotopic (exact) mass is 452 g/mol. The molecule has 3 rings (SSSR count). The lowest BCUT2D eigenvalue weighted by molar-refractivity contribution is -0.140. The van der Waals surface area contributed by atoms with Crippen LogP contribution in [0.1, 0.15) is 44.4 Å². The lowest BCUT2D eigenvalue weighted by Crippen LogP contribution is -2.33. The number of ketones is 1. The van der Waals surface area contributed by atoms with Gasteiger partial charge in [-0.3, -0.25) is 9.59 Å². The zero-order valence-corrected chi connectivity index (χ0v) is 19.5. The Hall–Kier alpha value is -3.32. The van der Waals surface area contributed by atoms with Gasteiger partial charge in [-0.1, -0.05) is 26.0 Å². The van der Waals surface area contributed by atoms with Crippen LogP contribution in [-0.2, 0) is 9.59 Å². The van der Waals surface area contributed by atoms with Crippen molar-refractivity contribution in [2.75, 3.05) is 32.8 Å². The van der Waals surface area contributed by atoms with Crippen LogP contribution < -0.4 is 4.74 Å². The number of benzene rings is 2. The van der Waals surface area contributed by atoms with E-state index in [0.29, 0.717) is 36.4 Å². The molecular formula is C26H32N2O5. The maximum Gasteiger partial charge on any atom is 0.295 e. The topological polar surface area (TPSA) is 90.3 Å². The summed E-state index contributed by atoms with van der Waals surface area (Å²) in [5.41, 5.74) is 1.02. The molecule has 0 spiro atoms. The number of rotatable bonds is 10. The molecule has 1 amide bonds. The molecule has 2 N–H and O–H groups in total. The van der Waals surface area contributed by atoms with E-state index in [0.717, 1.165) is 19.6 Å². The Morgan fingerprint density at radius 1 is 1.06 bits per heavy atom. The van der Waals surface area contributed by atoms with E-state index in [1.54, 1.807) is 36.4 Å². The van der Waals surface area contributed by atoms with Gasteiger partial charge in [-0.15, -0.1) is 0 Å². The molecule has 0 aliphatic carbocycles. The average Bonchev–Trinajstić information content (AvgIpc) is 3.07. The van der Waals surface area contributed by atoms with E-state index < -0.39 is 17.7 Å². The van der Waals surface area contributed by atoms with Gasteiger partial charge in [-0.2, -0.15) is 0 Å². The molecule has 176 valence electrons. The Bertz CT molecular complexity index is 1010. The van der Waals surface area contributed by atoms with Crippen LogP contribution in [0.3, 0.4) is 0 Å². The Labute approximate surface area is 194 Å². The first-order valence-electron chi connectivity index (χ1n) is 11.4. The first kappa shape index (κ1) is 24.3. The maximum atomic E-state index is 13.1. The van der Waals surface area contributed by atoms with E-state index >= 15 is 0 Å². The number of phenolic OH excluding ortho intramolecular Hbond substituents is 1. The van der Waals surface area contributed by atoms with Crippen LogP contribution in [0.4, 0.5) is 0 Å². The molecule has 0 aromatic heterocycles. The summed E-state index contributed by atoms with van der Waals surface area (Å²) < 4.78 is 5.45. The molecule has 1 fully saturated rings. The van der Waals surface area contributed by atoms with Gasteiger partial charge in [0.05, 0.1) is 18.2 Å². The van der Waals surface area contributed by atoms with Crippen LogP contribution in [0.2, 0.25) is 0 Å². The molecule has 7 heteroatoms. The highest BCUT2D eigenvalue weighted by atomic mass is 16.5. The average molecular weight is 453 g/mol. The van der Waals surface area contributed by atoms with Crippen LogP contribution in [0.15, 0.2) is 54.1 Å². The van der Waals surface area contributed by atoms with Crippen molar-refractivity contribution in [3.8, 4) is 11.5 Å². The summed E-state index contributed by atoms with van der Waals surface area (Å²) in [6.45, 7) is 9.53. The first-order valence-corrected chi connectivity index (χ1v) is 11.4. The molecule has 1 heterocycles. The maximum absolute atomic E-state index is 13.1. The fraction of sp³-hybridized carbons (Fsp3) is 0.385. The number of hydrogen-bond acceptors (Lipinski definition) is 6. The van der Waals surface area contributed by atoms with Gasteiger partial charge in [0.25, 0.3) is 11.7 Å². The number of ether oxygens (including phenoxy) is 1. The molecule has 1 aliphatic heterocycles. The number of aromatic hydroxyl groups is 1. The first-order chi connectivity index (χ1) is 15.9. The van der Waals surface area contributed by atoms with Gasteiger partial charge in [0.2, 0.25) is 0 Å². The second-order valence-corrected chi connectivity index (χ2v) is 7.93. The van der Waals surface area contributed by atoms with Crippen molar-refractivity contribution in [2.45, 2.75) is 33.2 Å². The lowest BCUT2D eigenvalue weighted by Gasteiger charge is -2.27. The number of hydrogen-bond donors (Lipinski definition) is 2. The molecule has 1 aliphatic rings. The highest BCUT2D eigenvalue weighted by molar-refractivity contribution is 6.46. The fourth-order valence-electron chi connectivity index (χ4n) is 4.19. The van der Waals surface area contributed by atoms with Gasteiger partial charge < -0.3 is 24.7 Å². The minimum Gasteiger partial charge on any atom is -0.508 e. The van der Waals surface area contributed by atoms with Gasteiger partial charge in [-0.05, 0) is 74.9 Å². The van der Waals surface area contributed by atoms with E-state index in [1.807, 2.05) is 6.92 Å². The van der Waals surface area contributed by atoms with E-state index in [-0.39, 0.29) is 17.1 Å². The number of aliphatic hydroxyl groups excluding tert-OH is 1. The van der Waals surface area contributed by atoms with Gasteiger partial charge in [0, 0.05) is 12.1 Å². The molecule has 0 saturated carbocycles. The molecule has 1 atom stereocenters. The standard InChI is InChI=1S/C26H32N2O5/c1-4-27(5-2)15-8-16-28-23(19-9-7-10-20(29)17-19)22(25(31)26(28)32)24(30)18-11-13-21(14-12-18)33-6-3/h7,9-14,17,23,29-30H,4-6,8,15-16H2,1-3H3/b24-22-. The smallest absolute Gasteiger partial charge is 0.295 e. The van der Waals surface area contributed by atoms with E-state index in [4.69, 9.17) is 4.74 Å². The molecule has 33 heavy (non-hydrogen) atoms. The SMILES string of the molecule is CCOc1ccc(/C(O)=C2/C(=O)C(=O)N(CCCN(CC)CC)C2c2cccc(O)c2)cc1. The zero-order valence-electron chi connectivity index (χ0n) is 19.5. The third kappa shape index (κ3) is 5.37. The molecule has 1 saturated heterocycles. The van der Waals surface area contributed by atoms with Gasteiger partial charge in [0.1, 0.15) is 17.3 Å². The van der Waals surface area contributed by atoms with Crippen molar-refractivity contribution in [2.24, 2.45) is 0 Å². The molecular weight excluding hydrogens is 420 g/mol. The predicted octanol–water partition coefficient (Wildman–Crippen LogP) is 3.94. The number of phenols is 1. The van der Waals surface area contributed by atoms with Gasteiger partial charge in [0.15, 0.2) is 0 Å². The number of likely N-dealkylation sites (tertiary alicyclic amines) is 1. The Morgan fingerprint density at radius 2 is 1.76 bits per heavy atom. The molecule has 0 bridgehead atoms. The minimum absolute atomic E-state index is 0.0256. The highest BCUT2D eigenvalue weighted by Gasteiger charge is 2.45. The number of amides is 1. The minimum atomic E-state index is -0.777. The van der Waals surface area contributed by atoms with Crippen LogP contribution in [0.5, 0.6) is 11.5 Å². The normalized spacial score (nSPS) is 17.7. The summed E-state index contributed by atoms with van der Waals surface area (Å²) >= 11 is 0. The van der Waals surface area contributed by atoms with Gasteiger partial charge in [-0.25, -0.2) is 0 Å². The number of nitrogens with zero attached hydrogens (tertiary/aromatic N) is 2. The second kappa shape index (κ2) is 11.0. The quantitative estimate of drug-likeness (QED) is 0.322. The predicted molar refractivity (Wildman–Crippen MR) is 127 cm³/mol. The van der Waals surface area contributed by atoms with E-state index in [2.05, 4.69) is 18.7 Å². The van der Waals surface area contributed by atoms with Crippen LogP contribution in [-0.4, -0.2) is 64.5 Å². The Morgan fingerprint density at radius 3 is 2.36 bits per heavy atom. The van der Waals surface area contributed by atoms with Crippen molar-refractivity contribution >= 4 is 17.4 Å². The third-order valence-corrected chi connectivity index (χ3v) is 5.93. The lowest BCUT2D eigenvalue weighted by atomic mass is 9.95. The zero-order chi connectivity index (χ0) is 24.0.